The first kappa shape index (κ1) is 15.6. The molecule has 0 aliphatic carbocycles. The SMILES string of the molecule is O=C(CC(=O)c1ccccc1)C[C@H](C[N+](=O)[O-])c1ccco1. The van der Waals surface area contributed by atoms with Crippen molar-refractivity contribution in [2.24, 2.45) is 0 Å². The molecule has 0 aliphatic rings. The summed E-state index contributed by atoms with van der Waals surface area (Å²) in [6, 6.07) is 11.7. The van der Waals surface area contributed by atoms with E-state index in [2.05, 4.69) is 0 Å². The summed E-state index contributed by atoms with van der Waals surface area (Å²) in [5, 5.41) is 10.7. The molecule has 114 valence electrons. The number of nitrogens with zero attached hydrogens (tertiary/aromatic N) is 1. The lowest BCUT2D eigenvalue weighted by molar-refractivity contribution is -0.483. The van der Waals surface area contributed by atoms with Crippen LogP contribution in [0.3, 0.4) is 0 Å². The number of Topliss-reactive ketones (excluding diaryl/α,β-unsaturated/α-hetero) is 2. The van der Waals surface area contributed by atoms with E-state index in [1.807, 2.05) is 0 Å². The van der Waals surface area contributed by atoms with Crippen LogP contribution in [0.5, 0.6) is 0 Å². The third-order valence-corrected chi connectivity index (χ3v) is 3.24. The van der Waals surface area contributed by atoms with Gasteiger partial charge in [-0.2, -0.15) is 0 Å². The molecule has 1 heterocycles. The Morgan fingerprint density at radius 1 is 1.14 bits per heavy atom. The van der Waals surface area contributed by atoms with Crippen LogP contribution in [-0.4, -0.2) is 23.0 Å². The molecule has 22 heavy (non-hydrogen) atoms. The third kappa shape index (κ3) is 4.37. The van der Waals surface area contributed by atoms with Gasteiger partial charge in [0.15, 0.2) is 5.78 Å². The van der Waals surface area contributed by atoms with Crippen LogP contribution >= 0.6 is 0 Å². The van der Waals surface area contributed by atoms with E-state index in [-0.39, 0.29) is 24.4 Å². The minimum atomic E-state index is -0.652. The van der Waals surface area contributed by atoms with Gasteiger partial charge in [0.2, 0.25) is 6.54 Å². The quantitative estimate of drug-likeness (QED) is 0.323. The molecule has 6 heteroatoms. The first-order valence-corrected chi connectivity index (χ1v) is 6.81. The maximum absolute atomic E-state index is 12.0. The number of hydrogen-bond acceptors (Lipinski definition) is 5. The lowest BCUT2D eigenvalue weighted by Gasteiger charge is -2.09. The summed E-state index contributed by atoms with van der Waals surface area (Å²) in [5.74, 6) is -0.889. The minimum Gasteiger partial charge on any atom is -0.469 e. The van der Waals surface area contributed by atoms with Gasteiger partial charge >= 0.3 is 0 Å². The maximum atomic E-state index is 12.0. The molecule has 0 fully saturated rings. The number of nitro groups is 1. The van der Waals surface area contributed by atoms with Gasteiger partial charge in [-0.25, -0.2) is 0 Å². The summed E-state index contributed by atoms with van der Waals surface area (Å²) in [5.41, 5.74) is 0.458. The molecule has 0 radical (unpaired) electrons. The molecule has 0 aliphatic heterocycles. The zero-order valence-electron chi connectivity index (χ0n) is 11.8. The van der Waals surface area contributed by atoms with Crippen molar-refractivity contribution in [3.05, 3.63) is 70.2 Å². The van der Waals surface area contributed by atoms with Crippen LogP contribution in [0.25, 0.3) is 0 Å². The predicted molar refractivity (Wildman–Crippen MR) is 78.3 cm³/mol. The van der Waals surface area contributed by atoms with Crippen LogP contribution in [0.15, 0.2) is 53.1 Å². The number of benzene rings is 1. The second kappa shape index (κ2) is 7.31. The second-order valence-corrected chi connectivity index (χ2v) is 4.94. The Balaban J connectivity index is 1.99. The summed E-state index contributed by atoms with van der Waals surface area (Å²) >= 11 is 0. The van der Waals surface area contributed by atoms with Crippen molar-refractivity contribution in [2.75, 3.05) is 6.54 Å². The predicted octanol–water partition coefficient (Wildman–Crippen LogP) is 2.87. The van der Waals surface area contributed by atoms with Crippen molar-refractivity contribution in [1.29, 1.82) is 0 Å². The molecule has 1 aromatic heterocycles. The third-order valence-electron chi connectivity index (χ3n) is 3.24. The molecule has 0 N–H and O–H groups in total. The molecule has 0 unspecified atom stereocenters. The minimum absolute atomic E-state index is 0.0902. The highest BCUT2D eigenvalue weighted by molar-refractivity contribution is 6.08. The molecular weight excluding hydrogens is 286 g/mol. The van der Waals surface area contributed by atoms with Gasteiger partial charge in [0.25, 0.3) is 0 Å². The molecule has 6 nitrogen and oxygen atoms in total. The Hall–Kier alpha value is -2.76. The van der Waals surface area contributed by atoms with Gasteiger partial charge in [0.1, 0.15) is 11.5 Å². The van der Waals surface area contributed by atoms with Crippen molar-refractivity contribution >= 4 is 11.6 Å². The van der Waals surface area contributed by atoms with Crippen LogP contribution in [-0.2, 0) is 4.79 Å². The average molecular weight is 301 g/mol. The van der Waals surface area contributed by atoms with Gasteiger partial charge in [-0.3, -0.25) is 19.7 Å². The number of ketones is 2. The van der Waals surface area contributed by atoms with Crippen molar-refractivity contribution in [3.8, 4) is 0 Å². The van der Waals surface area contributed by atoms with Crippen molar-refractivity contribution in [3.63, 3.8) is 0 Å². The molecule has 0 amide bonds. The summed E-state index contributed by atoms with van der Waals surface area (Å²) in [7, 11) is 0. The van der Waals surface area contributed by atoms with Gasteiger partial charge in [0, 0.05) is 16.9 Å². The Labute approximate surface area is 126 Å². The highest BCUT2D eigenvalue weighted by Crippen LogP contribution is 2.22. The smallest absolute Gasteiger partial charge is 0.214 e. The monoisotopic (exact) mass is 301 g/mol. The Morgan fingerprint density at radius 2 is 1.86 bits per heavy atom. The van der Waals surface area contributed by atoms with Gasteiger partial charge < -0.3 is 4.42 Å². The number of carbonyl (C=O) groups excluding carboxylic acids is 2. The molecule has 2 rings (SSSR count). The van der Waals surface area contributed by atoms with Gasteiger partial charge in [-0.15, -0.1) is 0 Å². The zero-order chi connectivity index (χ0) is 15.9. The lowest BCUT2D eigenvalue weighted by atomic mass is 9.96. The standard InChI is InChI=1S/C16H15NO5/c18-14(10-15(19)12-5-2-1-3-6-12)9-13(11-17(20)21)16-7-4-8-22-16/h1-8,13H,9-11H2/t13-/m1/s1. The van der Waals surface area contributed by atoms with Crippen molar-refractivity contribution in [1.82, 2.24) is 0 Å². The van der Waals surface area contributed by atoms with Crippen molar-refractivity contribution in [2.45, 2.75) is 18.8 Å². The van der Waals surface area contributed by atoms with E-state index >= 15 is 0 Å². The van der Waals surface area contributed by atoms with Crippen LogP contribution in [0, 0.1) is 10.1 Å². The van der Waals surface area contributed by atoms with E-state index in [1.165, 1.54) is 6.26 Å². The van der Waals surface area contributed by atoms with E-state index in [4.69, 9.17) is 4.42 Å². The first-order valence-electron chi connectivity index (χ1n) is 6.81. The Bertz CT molecular complexity index is 648. The molecule has 0 saturated carbocycles. The summed E-state index contributed by atoms with van der Waals surface area (Å²) in [6.07, 6.45) is 1.05. The van der Waals surface area contributed by atoms with Crippen LogP contribution in [0.1, 0.15) is 34.9 Å². The Morgan fingerprint density at radius 3 is 2.45 bits per heavy atom. The summed E-state index contributed by atoms with van der Waals surface area (Å²) in [6.45, 7) is -0.404. The molecule has 1 atom stereocenters. The highest BCUT2D eigenvalue weighted by Gasteiger charge is 2.25. The number of hydrogen-bond donors (Lipinski definition) is 0. The van der Waals surface area contributed by atoms with E-state index in [1.54, 1.807) is 42.5 Å². The number of carbonyl (C=O) groups is 2. The van der Waals surface area contributed by atoms with Crippen molar-refractivity contribution < 1.29 is 18.9 Å². The fourth-order valence-corrected chi connectivity index (χ4v) is 2.21. The first-order chi connectivity index (χ1) is 10.6. The molecule has 0 saturated heterocycles. The van der Waals surface area contributed by atoms with Gasteiger partial charge in [-0.1, -0.05) is 30.3 Å². The fourth-order valence-electron chi connectivity index (χ4n) is 2.21. The average Bonchev–Trinajstić information content (AvgIpc) is 3.01. The van der Waals surface area contributed by atoms with Crippen LogP contribution in [0.4, 0.5) is 0 Å². The molecule has 0 spiro atoms. The largest absolute Gasteiger partial charge is 0.469 e. The highest BCUT2D eigenvalue weighted by atomic mass is 16.6. The van der Waals surface area contributed by atoms with Crippen LogP contribution in [0.2, 0.25) is 0 Å². The van der Waals surface area contributed by atoms with E-state index in [0.717, 1.165) is 0 Å². The summed E-state index contributed by atoms with van der Waals surface area (Å²) in [4.78, 5) is 34.2. The molecule has 2 aromatic rings. The van der Waals surface area contributed by atoms with Gasteiger partial charge in [-0.05, 0) is 12.1 Å². The van der Waals surface area contributed by atoms with Gasteiger partial charge in [0.05, 0.1) is 18.6 Å². The molecule has 1 aromatic carbocycles. The Kier molecular flexibility index (Phi) is 5.19. The van der Waals surface area contributed by atoms with E-state index < -0.39 is 17.4 Å². The normalized spacial score (nSPS) is 11.8. The second-order valence-electron chi connectivity index (χ2n) is 4.94. The number of rotatable bonds is 8. The summed E-state index contributed by atoms with van der Waals surface area (Å²) < 4.78 is 5.15. The lowest BCUT2D eigenvalue weighted by Crippen LogP contribution is -2.18. The topological polar surface area (TPSA) is 90.4 Å². The number of furan rings is 1. The molecule has 0 bridgehead atoms. The van der Waals surface area contributed by atoms with E-state index in [9.17, 15) is 19.7 Å². The van der Waals surface area contributed by atoms with E-state index in [0.29, 0.717) is 11.3 Å². The zero-order valence-corrected chi connectivity index (χ0v) is 11.8. The molecular formula is C16H15NO5. The maximum Gasteiger partial charge on any atom is 0.214 e. The fraction of sp³-hybridized carbons (Fsp3) is 0.250. The van der Waals surface area contributed by atoms with Crippen LogP contribution < -0.4 is 0 Å².